The highest BCUT2D eigenvalue weighted by atomic mass is 19.4. The molecule has 1 aliphatic rings. The molecule has 2 atom stereocenters. The van der Waals surface area contributed by atoms with E-state index in [-0.39, 0.29) is 17.5 Å². The van der Waals surface area contributed by atoms with Gasteiger partial charge in [-0.1, -0.05) is 13.8 Å². The van der Waals surface area contributed by atoms with Gasteiger partial charge in [-0.25, -0.2) is 4.98 Å². The molecule has 3 rings (SSSR count). The lowest BCUT2D eigenvalue weighted by molar-refractivity contribution is -0.136. The molecule has 2 unspecified atom stereocenters. The molecule has 0 saturated heterocycles. The molecule has 2 aromatic rings. The van der Waals surface area contributed by atoms with E-state index in [1.165, 1.54) is 6.07 Å². The predicted molar refractivity (Wildman–Crippen MR) is 90.3 cm³/mol. The van der Waals surface area contributed by atoms with Crippen molar-refractivity contribution < 1.29 is 18.3 Å². The number of benzene rings is 1. The van der Waals surface area contributed by atoms with E-state index >= 15 is 0 Å². The summed E-state index contributed by atoms with van der Waals surface area (Å²) < 4.78 is 40.5. The van der Waals surface area contributed by atoms with Crippen molar-refractivity contribution in [3.8, 4) is 0 Å². The molecular formula is C18H24F3N3O. The van der Waals surface area contributed by atoms with Crippen molar-refractivity contribution in [1.29, 1.82) is 0 Å². The lowest BCUT2D eigenvalue weighted by Gasteiger charge is -2.27. The summed E-state index contributed by atoms with van der Waals surface area (Å²) in [4.78, 5) is 9.12. The van der Waals surface area contributed by atoms with Gasteiger partial charge >= 0.3 is 6.18 Å². The van der Waals surface area contributed by atoms with Crippen LogP contribution in [0.3, 0.4) is 0 Å². The second-order valence-electron chi connectivity index (χ2n) is 7.29. The molecule has 0 bridgehead atoms. The molecule has 1 saturated carbocycles. The number of halogens is 3. The van der Waals surface area contributed by atoms with E-state index < -0.39 is 17.8 Å². The molecule has 1 aliphatic carbocycles. The van der Waals surface area contributed by atoms with Crippen LogP contribution < -0.4 is 0 Å². The number of aliphatic hydroxyl groups is 1. The fourth-order valence-electron chi connectivity index (χ4n) is 3.62. The van der Waals surface area contributed by atoms with Crippen LogP contribution in [0.25, 0.3) is 11.0 Å². The van der Waals surface area contributed by atoms with Gasteiger partial charge in [-0.05, 0) is 44.0 Å². The first-order valence-electron chi connectivity index (χ1n) is 8.65. The largest absolute Gasteiger partial charge is 0.418 e. The number of imidazole rings is 1. The summed E-state index contributed by atoms with van der Waals surface area (Å²) in [6, 6.07) is 2.92. The molecule has 4 nitrogen and oxygen atoms in total. The van der Waals surface area contributed by atoms with Gasteiger partial charge in [-0.2, -0.15) is 13.2 Å². The lowest BCUT2D eigenvalue weighted by atomic mass is 10.1. The summed E-state index contributed by atoms with van der Waals surface area (Å²) in [6.45, 7) is 4.14. The maximum absolute atomic E-state index is 13.5. The van der Waals surface area contributed by atoms with Crippen LogP contribution >= 0.6 is 0 Å². The Balaban J connectivity index is 1.98. The predicted octanol–water partition coefficient (Wildman–Crippen LogP) is 4.05. The first kappa shape index (κ1) is 18.2. The second kappa shape index (κ2) is 6.61. The average Bonchev–Trinajstić information content (AvgIpc) is 3.11. The number of aromatic nitrogens is 2. The number of alkyl halides is 3. The third kappa shape index (κ3) is 3.67. The minimum Gasteiger partial charge on any atom is -0.391 e. The van der Waals surface area contributed by atoms with Gasteiger partial charge < -0.3 is 10.1 Å². The number of nitrogens with one attached hydrogen (secondary N) is 1. The first-order chi connectivity index (χ1) is 11.7. The number of hydrogen-bond acceptors (Lipinski definition) is 3. The maximum Gasteiger partial charge on any atom is 0.418 e. The van der Waals surface area contributed by atoms with Crippen LogP contribution in [-0.2, 0) is 12.7 Å². The summed E-state index contributed by atoms with van der Waals surface area (Å²) in [7, 11) is 1.85. The van der Waals surface area contributed by atoms with Crippen molar-refractivity contribution in [2.45, 2.75) is 63.9 Å². The molecule has 1 fully saturated rings. The fourth-order valence-corrected chi connectivity index (χ4v) is 3.62. The highest BCUT2D eigenvalue weighted by Gasteiger charge is 2.35. The highest BCUT2D eigenvalue weighted by Crippen LogP contribution is 2.36. The average molecular weight is 355 g/mol. The minimum atomic E-state index is -4.46. The van der Waals surface area contributed by atoms with Crippen molar-refractivity contribution in [2.24, 2.45) is 0 Å². The second-order valence-corrected chi connectivity index (χ2v) is 7.29. The Morgan fingerprint density at radius 3 is 2.60 bits per heavy atom. The van der Waals surface area contributed by atoms with Gasteiger partial charge in [0.2, 0.25) is 0 Å². The molecule has 2 N–H and O–H groups in total. The Morgan fingerprint density at radius 2 is 2.04 bits per heavy atom. The zero-order chi connectivity index (χ0) is 18.4. The van der Waals surface area contributed by atoms with Gasteiger partial charge in [0.1, 0.15) is 11.3 Å². The van der Waals surface area contributed by atoms with Crippen LogP contribution in [0.1, 0.15) is 56.0 Å². The van der Waals surface area contributed by atoms with E-state index in [1.54, 1.807) is 6.07 Å². The molecule has 1 aromatic heterocycles. The van der Waals surface area contributed by atoms with E-state index in [2.05, 4.69) is 9.97 Å². The Labute approximate surface area is 145 Å². The van der Waals surface area contributed by atoms with Crippen molar-refractivity contribution in [3.63, 3.8) is 0 Å². The Bertz CT molecular complexity index is 754. The number of likely N-dealkylation sites (N-methyl/N-ethyl adjacent to an activating group) is 1. The van der Waals surface area contributed by atoms with Gasteiger partial charge in [0, 0.05) is 18.5 Å². The number of nitrogens with zero attached hydrogens (tertiary/aromatic N) is 2. The normalized spacial score (nSPS) is 21.8. The van der Waals surface area contributed by atoms with Gasteiger partial charge in [0.15, 0.2) is 0 Å². The molecule has 1 heterocycles. The smallest absolute Gasteiger partial charge is 0.391 e. The molecule has 25 heavy (non-hydrogen) atoms. The van der Waals surface area contributed by atoms with Crippen molar-refractivity contribution >= 4 is 11.0 Å². The number of hydrogen-bond donors (Lipinski definition) is 2. The standard InChI is InChI=1S/C18H24F3N3O/c1-10(2)17-22-13-8-11(7-12(16(13)23-17)18(19,20)21)9-24(3)14-5-4-6-15(14)25/h7-8,10,14-15,25H,4-6,9H2,1-3H3,(H,22,23). The summed E-state index contributed by atoms with van der Waals surface area (Å²) in [5, 5.41) is 10.0. The van der Waals surface area contributed by atoms with Gasteiger partial charge in [-0.15, -0.1) is 0 Å². The first-order valence-corrected chi connectivity index (χ1v) is 8.65. The summed E-state index contributed by atoms with van der Waals surface area (Å²) in [6.07, 6.45) is -2.30. The fraction of sp³-hybridized carbons (Fsp3) is 0.611. The van der Waals surface area contributed by atoms with Crippen LogP contribution in [0.15, 0.2) is 12.1 Å². The Hall–Kier alpha value is -1.60. The van der Waals surface area contributed by atoms with E-state index in [4.69, 9.17) is 0 Å². The quantitative estimate of drug-likeness (QED) is 0.870. The number of H-pyrrole nitrogens is 1. The number of aliphatic hydroxyl groups excluding tert-OH is 1. The third-order valence-corrected chi connectivity index (χ3v) is 4.96. The van der Waals surface area contributed by atoms with E-state index in [9.17, 15) is 18.3 Å². The lowest BCUT2D eigenvalue weighted by Crippen LogP contribution is -2.37. The summed E-state index contributed by atoms with van der Waals surface area (Å²) in [5.41, 5.74) is 0.251. The van der Waals surface area contributed by atoms with Crippen LogP contribution in [0.4, 0.5) is 13.2 Å². The molecule has 1 aromatic carbocycles. The van der Waals surface area contributed by atoms with Crippen molar-refractivity contribution in [2.75, 3.05) is 7.05 Å². The van der Waals surface area contributed by atoms with Gasteiger partial charge in [-0.3, -0.25) is 4.90 Å². The molecule has 0 spiro atoms. The monoisotopic (exact) mass is 355 g/mol. The topological polar surface area (TPSA) is 52.1 Å². The Kier molecular flexibility index (Phi) is 4.81. The van der Waals surface area contributed by atoms with Crippen LogP contribution in [0, 0.1) is 0 Å². The maximum atomic E-state index is 13.5. The number of rotatable bonds is 4. The Morgan fingerprint density at radius 1 is 1.32 bits per heavy atom. The third-order valence-electron chi connectivity index (χ3n) is 4.96. The molecule has 0 radical (unpaired) electrons. The molecule has 7 heteroatoms. The van der Waals surface area contributed by atoms with E-state index in [0.717, 1.165) is 19.3 Å². The van der Waals surface area contributed by atoms with Crippen molar-refractivity contribution in [3.05, 3.63) is 29.1 Å². The SMILES string of the molecule is CC(C)c1nc2c(C(F)(F)F)cc(CN(C)C3CCCC3O)cc2[nH]1. The van der Waals surface area contributed by atoms with E-state index in [1.807, 2.05) is 25.8 Å². The van der Waals surface area contributed by atoms with Crippen LogP contribution in [0.2, 0.25) is 0 Å². The van der Waals surface area contributed by atoms with Crippen molar-refractivity contribution in [1.82, 2.24) is 14.9 Å². The highest BCUT2D eigenvalue weighted by molar-refractivity contribution is 5.80. The zero-order valence-electron chi connectivity index (χ0n) is 14.7. The van der Waals surface area contributed by atoms with E-state index in [0.29, 0.717) is 23.4 Å². The summed E-state index contributed by atoms with van der Waals surface area (Å²) >= 11 is 0. The van der Waals surface area contributed by atoms with Crippen LogP contribution in [0.5, 0.6) is 0 Å². The molecule has 0 amide bonds. The van der Waals surface area contributed by atoms with Gasteiger partial charge in [0.25, 0.3) is 0 Å². The van der Waals surface area contributed by atoms with Crippen LogP contribution in [-0.4, -0.2) is 39.2 Å². The van der Waals surface area contributed by atoms with Gasteiger partial charge in [0.05, 0.1) is 17.2 Å². The molecular weight excluding hydrogens is 331 g/mol. The zero-order valence-corrected chi connectivity index (χ0v) is 14.7. The molecule has 138 valence electrons. The molecule has 0 aliphatic heterocycles. The summed E-state index contributed by atoms with van der Waals surface area (Å²) in [5.74, 6) is 0.575. The minimum absolute atomic E-state index is 0.00183. The number of aromatic amines is 1. The number of fused-ring (bicyclic) bond motifs is 1.